The fraction of sp³-hybridized carbons (Fsp3) is 0.500. The van der Waals surface area contributed by atoms with Crippen LogP contribution in [0.4, 0.5) is 0 Å². The molecule has 0 aromatic heterocycles. The molecule has 0 heterocycles. The Morgan fingerprint density at radius 2 is 2.25 bits per heavy atom. The lowest BCUT2D eigenvalue weighted by Crippen LogP contribution is -2.19. The van der Waals surface area contributed by atoms with Gasteiger partial charge in [-0.1, -0.05) is 6.58 Å². The first-order chi connectivity index (χ1) is 3.66. The molecule has 0 unspecified atom stereocenters. The Labute approximate surface area is 49.6 Å². The van der Waals surface area contributed by atoms with Crippen LogP contribution in [0.2, 0.25) is 0 Å². The Morgan fingerprint density at radius 3 is 2.38 bits per heavy atom. The van der Waals surface area contributed by atoms with Crippen molar-refractivity contribution in [3.8, 4) is 0 Å². The van der Waals surface area contributed by atoms with Crippen LogP contribution < -0.4 is 5.32 Å². The second kappa shape index (κ2) is 3.24. The molecule has 0 atom stereocenters. The lowest BCUT2D eigenvalue weighted by Gasteiger charge is -1.98. The molecule has 0 aromatic carbocycles. The van der Waals surface area contributed by atoms with E-state index in [9.17, 15) is 4.79 Å². The van der Waals surface area contributed by atoms with Crippen molar-refractivity contribution in [3.05, 3.63) is 12.7 Å². The van der Waals surface area contributed by atoms with Crippen molar-refractivity contribution in [2.45, 2.75) is 19.9 Å². The molecular weight excluding hydrogens is 102 g/mol. The number of carbonyl (C=O) groups is 1. The predicted octanol–water partition coefficient (Wildman–Crippen LogP) is 0.712. The van der Waals surface area contributed by atoms with Gasteiger partial charge in [-0.15, -0.1) is 0 Å². The van der Waals surface area contributed by atoms with E-state index in [0.29, 0.717) is 0 Å². The van der Waals surface area contributed by atoms with Crippen LogP contribution in [0.3, 0.4) is 0 Å². The maximum absolute atomic E-state index is 10.3. The first-order valence-electron chi connectivity index (χ1n) is 2.54. The highest BCUT2D eigenvalue weighted by Gasteiger charge is 1.97. The number of rotatable bonds is 2. The molecule has 0 fully saturated rings. The molecule has 0 saturated heterocycles. The fourth-order valence-corrected chi connectivity index (χ4v) is 0.307. The minimum absolute atomic E-state index is 0.0838. The summed E-state index contributed by atoms with van der Waals surface area (Å²) in [5.41, 5.74) is 0. The highest BCUT2D eigenvalue weighted by atomic mass is 16.1. The van der Waals surface area contributed by atoms with E-state index in [1.165, 1.54) is 6.08 Å². The quantitative estimate of drug-likeness (QED) is 0.484. The van der Waals surface area contributed by atoms with Crippen LogP contribution in [-0.4, -0.2) is 11.9 Å². The summed E-state index contributed by atoms with van der Waals surface area (Å²) in [6.07, 6.45) is 1.21. The maximum Gasteiger partial charge on any atom is 0.264 e. The third-order valence-electron chi connectivity index (χ3n) is 0.560. The SMILES string of the molecule is C=CC(=O)[N]C(C)C. The summed E-state index contributed by atoms with van der Waals surface area (Å²) in [4.78, 5) is 10.3. The molecule has 1 amide bonds. The fourth-order valence-electron chi connectivity index (χ4n) is 0.307. The van der Waals surface area contributed by atoms with E-state index in [0.717, 1.165) is 0 Å². The lowest BCUT2D eigenvalue weighted by molar-refractivity contribution is -0.117. The maximum atomic E-state index is 10.3. The van der Waals surface area contributed by atoms with Crippen molar-refractivity contribution in [1.29, 1.82) is 0 Å². The third-order valence-corrected chi connectivity index (χ3v) is 0.560. The van der Waals surface area contributed by atoms with Crippen molar-refractivity contribution >= 4 is 5.91 Å². The van der Waals surface area contributed by atoms with Gasteiger partial charge in [-0.05, 0) is 19.9 Å². The topological polar surface area (TPSA) is 31.2 Å². The second-order valence-corrected chi connectivity index (χ2v) is 1.77. The number of nitrogens with zero attached hydrogens (tertiary/aromatic N) is 1. The average molecular weight is 112 g/mol. The first-order valence-corrected chi connectivity index (χ1v) is 2.54. The van der Waals surface area contributed by atoms with Crippen molar-refractivity contribution in [3.63, 3.8) is 0 Å². The number of hydrogen-bond donors (Lipinski definition) is 0. The van der Waals surface area contributed by atoms with E-state index in [1.54, 1.807) is 0 Å². The van der Waals surface area contributed by atoms with E-state index in [4.69, 9.17) is 0 Å². The highest BCUT2D eigenvalue weighted by molar-refractivity contribution is 5.86. The summed E-state index contributed by atoms with van der Waals surface area (Å²) in [6.45, 7) is 6.97. The Morgan fingerprint density at radius 1 is 1.75 bits per heavy atom. The van der Waals surface area contributed by atoms with Gasteiger partial charge in [-0.2, -0.15) is 0 Å². The van der Waals surface area contributed by atoms with Crippen molar-refractivity contribution in [2.24, 2.45) is 0 Å². The van der Waals surface area contributed by atoms with Gasteiger partial charge < -0.3 is 0 Å². The summed E-state index contributed by atoms with van der Waals surface area (Å²) in [5.74, 6) is -0.236. The number of amides is 1. The first kappa shape index (κ1) is 7.21. The largest absolute Gasteiger partial charge is 0.268 e. The molecule has 0 aliphatic carbocycles. The molecule has 0 aliphatic rings. The zero-order valence-electron chi connectivity index (χ0n) is 5.22. The molecular formula is C6H10NO. The van der Waals surface area contributed by atoms with Crippen LogP contribution in [0.5, 0.6) is 0 Å². The standard InChI is InChI=1S/C6H10NO/c1-4-6(8)7-5(2)3/h4-5H,1H2,2-3H3. The van der Waals surface area contributed by atoms with E-state index in [1.807, 2.05) is 13.8 Å². The van der Waals surface area contributed by atoms with Crippen LogP contribution >= 0.6 is 0 Å². The number of hydrogen-bond acceptors (Lipinski definition) is 1. The summed E-state index contributed by atoms with van der Waals surface area (Å²) in [6, 6.07) is 0.0838. The normalized spacial score (nSPS) is 8.88. The molecule has 0 saturated carbocycles. The molecule has 0 aliphatic heterocycles. The Kier molecular flexibility index (Phi) is 2.92. The monoisotopic (exact) mass is 112 g/mol. The number of carbonyl (C=O) groups excluding carboxylic acids is 1. The van der Waals surface area contributed by atoms with Crippen molar-refractivity contribution < 1.29 is 4.79 Å². The van der Waals surface area contributed by atoms with Crippen LogP contribution in [0.1, 0.15) is 13.8 Å². The summed E-state index contributed by atoms with van der Waals surface area (Å²) >= 11 is 0. The van der Waals surface area contributed by atoms with Gasteiger partial charge in [0.15, 0.2) is 0 Å². The molecule has 0 N–H and O–H groups in total. The molecule has 8 heavy (non-hydrogen) atoms. The molecule has 2 nitrogen and oxygen atoms in total. The smallest absolute Gasteiger partial charge is 0.264 e. The van der Waals surface area contributed by atoms with E-state index in [-0.39, 0.29) is 11.9 Å². The Balaban J connectivity index is 3.39. The zero-order chi connectivity index (χ0) is 6.57. The van der Waals surface area contributed by atoms with Gasteiger partial charge >= 0.3 is 0 Å². The van der Waals surface area contributed by atoms with Gasteiger partial charge in [0.25, 0.3) is 5.91 Å². The summed E-state index contributed by atoms with van der Waals surface area (Å²) < 4.78 is 0. The van der Waals surface area contributed by atoms with Gasteiger partial charge in [-0.25, -0.2) is 5.32 Å². The van der Waals surface area contributed by atoms with Crippen LogP contribution in [-0.2, 0) is 4.79 Å². The minimum Gasteiger partial charge on any atom is -0.268 e. The highest BCUT2D eigenvalue weighted by Crippen LogP contribution is 1.79. The lowest BCUT2D eigenvalue weighted by atomic mass is 10.4. The van der Waals surface area contributed by atoms with Crippen LogP contribution in [0, 0.1) is 0 Å². The van der Waals surface area contributed by atoms with Gasteiger partial charge in [0.05, 0.1) is 0 Å². The molecule has 0 aromatic rings. The van der Waals surface area contributed by atoms with Crippen molar-refractivity contribution in [1.82, 2.24) is 5.32 Å². The van der Waals surface area contributed by atoms with E-state index >= 15 is 0 Å². The predicted molar refractivity (Wildman–Crippen MR) is 32.5 cm³/mol. The molecule has 45 valence electrons. The van der Waals surface area contributed by atoms with Crippen LogP contribution in [0.15, 0.2) is 12.7 Å². The van der Waals surface area contributed by atoms with Crippen molar-refractivity contribution in [2.75, 3.05) is 0 Å². The van der Waals surface area contributed by atoms with Gasteiger partial charge in [0, 0.05) is 6.04 Å². The molecule has 0 spiro atoms. The second-order valence-electron chi connectivity index (χ2n) is 1.77. The van der Waals surface area contributed by atoms with E-state index in [2.05, 4.69) is 11.9 Å². The molecule has 2 heteroatoms. The van der Waals surface area contributed by atoms with E-state index < -0.39 is 0 Å². The van der Waals surface area contributed by atoms with Gasteiger partial charge in [0.1, 0.15) is 0 Å². The zero-order valence-corrected chi connectivity index (χ0v) is 5.22. The Hall–Kier alpha value is -0.790. The third kappa shape index (κ3) is 3.40. The Bertz CT molecular complexity index is 96.7. The molecule has 1 radical (unpaired) electrons. The molecule has 0 bridgehead atoms. The summed E-state index contributed by atoms with van der Waals surface area (Å²) in [7, 11) is 0. The summed E-state index contributed by atoms with van der Waals surface area (Å²) in [5, 5.41) is 3.64. The minimum atomic E-state index is -0.236. The molecule has 0 rings (SSSR count). The van der Waals surface area contributed by atoms with Crippen LogP contribution in [0.25, 0.3) is 0 Å². The van der Waals surface area contributed by atoms with Gasteiger partial charge in [-0.3, -0.25) is 4.79 Å². The average Bonchev–Trinajstić information content (AvgIpc) is 1.65. The van der Waals surface area contributed by atoms with Gasteiger partial charge in [0.2, 0.25) is 0 Å².